The zero-order chi connectivity index (χ0) is 21.3. The number of halogens is 2. The summed E-state index contributed by atoms with van der Waals surface area (Å²) >= 11 is 18.2. The Morgan fingerprint density at radius 3 is 2.90 bits per heavy atom. The van der Waals surface area contributed by atoms with E-state index in [-0.39, 0.29) is 47.4 Å². The van der Waals surface area contributed by atoms with Crippen molar-refractivity contribution in [3.8, 4) is 11.5 Å². The fourth-order valence-electron chi connectivity index (χ4n) is 2.78. The van der Waals surface area contributed by atoms with Crippen molar-refractivity contribution in [1.29, 1.82) is 0 Å². The van der Waals surface area contributed by atoms with E-state index >= 15 is 0 Å². The Labute approximate surface area is 191 Å². The molecule has 0 spiro atoms. The van der Waals surface area contributed by atoms with Gasteiger partial charge < -0.3 is 14.8 Å². The van der Waals surface area contributed by atoms with E-state index < -0.39 is 0 Å². The highest BCUT2D eigenvalue weighted by atomic mass is 35.5. The molecule has 1 aromatic heterocycles. The molecular weight excluding hydrogens is 469 g/mol. The summed E-state index contributed by atoms with van der Waals surface area (Å²) in [7, 11) is 0. The lowest BCUT2D eigenvalue weighted by atomic mass is 10.2. The molecule has 2 aliphatic rings. The molecule has 0 bridgehead atoms. The monoisotopic (exact) mass is 481 g/mol. The van der Waals surface area contributed by atoms with E-state index in [9.17, 15) is 9.59 Å². The van der Waals surface area contributed by atoms with Gasteiger partial charge >= 0.3 is 0 Å². The average Bonchev–Trinajstić information content (AvgIpc) is 3.29. The molecule has 2 amide bonds. The van der Waals surface area contributed by atoms with E-state index in [1.165, 1.54) is 28.9 Å². The van der Waals surface area contributed by atoms with Crippen molar-refractivity contribution >= 4 is 69.4 Å². The number of hydrogen-bond donors (Lipinski definition) is 1. The molecule has 3 heterocycles. The summed E-state index contributed by atoms with van der Waals surface area (Å²) in [5.41, 5.74) is 1.08. The SMILES string of the molecule is O=C(NCCN1C(=O)/C(=C\c2ccc3c(c2)OCO3)SC1=S)c1cnc(Cl)c(Cl)c1. The molecule has 0 saturated carbocycles. The highest BCUT2D eigenvalue weighted by Gasteiger charge is 2.31. The topological polar surface area (TPSA) is 80.8 Å². The summed E-state index contributed by atoms with van der Waals surface area (Å²) in [4.78, 5) is 30.7. The van der Waals surface area contributed by atoms with Gasteiger partial charge in [-0.2, -0.15) is 0 Å². The van der Waals surface area contributed by atoms with E-state index in [1.54, 1.807) is 18.2 Å². The van der Waals surface area contributed by atoms with Gasteiger partial charge in [-0.05, 0) is 29.8 Å². The summed E-state index contributed by atoms with van der Waals surface area (Å²) in [5, 5.41) is 3.03. The number of hydrogen-bond acceptors (Lipinski definition) is 7. The average molecular weight is 482 g/mol. The Balaban J connectivity index is 1.37. The number of pyridine rings is 1. The summed E-state index contributed by atoms with van der Waals surface area (Å²) in [5.74, 6) is 0.724. The Hall–Kier alpha value is -2.33. The fraction of sp³-hybridized carbons (Fsp3) is 0.158. The number of nitrogens with zero attached hydrogens (tertiary/aromatic N) is 2. The normalized spacial score (nSPS) is 16.5. The van der Waals surface area contributed by atoms with Gasteiger partial charge in [0.15, 0.2) is 11.5 Å². The molecule has 154 valence electrons. The molecule has 11 heteroatoms. The van der Waals surface area contributed by atoms with Crippen molar-refractivity contribution in [1.82, 2.24) is 15.2 Å². The highest BCUT2D eigenvalue weighted by molar-refractivity contribution is 8.26. The predicted octanol–water partition coefficient (Wildman–Crippen LogP) is 3.75. The van der Waals surface area contributed by atoms with Crippen LogP contribution in [0.4, 0.5) is 0 Å². The number of rotatable bonds is 5. The third-order valence-electron chi connectivity index (χ3n) is 4.25. The molecule has 4 rings (SSSR count). The highest BCUT2D eigenvalue weighted by Crippen LogP contribution is 2.36. The van der Waals surface area contributed by atoms with Crippen LogP contribution < -0.4 is 14.8 Å². The number of thioether (sulfide) groups is 1. The van der Waals surface area contributed by atoms with Crippen molar-refractivity contribution in [3.05, 3.63) is 56.7 Å². The summed E-state index contributed by atoms with van der Waals surface area (Å²) in [6.07, 6.45) is 3.08. The van der Waals surface area contributed by atoms with Gasteiger partial charge in [0, 0.05) is 19.3 Å². The zero-order valence-corrected chi connectivity index (χ0v) is 18.3. The van der Waals surface area contributed by atoms with Crippen LogP contribution in [0.3, 0.4) is 0 Å². The summed E-state index contributed by atoms with van der Waals surface area (Å²) < 4.78 is 11.1. The van der Waals surface area contributed by atoms with Crippen LogP contribution in [-0.4, -0.2) is 45.9 Å². The van der Waals surface area contributed by atoms with Gasteiger partial charge in [0.05, 0.1) is 15.5 Å². The molecule has 7 nitrogen and oxygen atoms in total. The third-order valence-corrected chi connectivity index (χ3v) is 6.31. The Morgan fingerprint density at radius 2 is 2.10 bits per heavy atom. The zero-order valence-electron chi connectivity index (χ0n) is 15.2. The van der Waals surface area contributed by atoms with Crippen LogP contribution in [-0.2, 0) is 4.79 Å². The molecule has 0 radical (unpaired) electrons. The van der Waals surface area contributed by atoms with E-state index in [0.29, 0.717) is 20.7 Å². The minimum absolute atomic E-state index is 0.125. The van der Waals surface area contributed by atoms with Crippen molar-refractivity contribution in [2.24, 2.45) is 0 Å². The first kappa shape index (κ1) is 20.9. The van der Waals surface area contributed by atoms with Crippen molar-refractivity contribution < 1.29 is 19.1 Å². The van der Waals surface area contributed by atoms with Gasteiger partial charge in [0.2, 0.25) is 6.79 Å². The number of benzene rings is 1. The third kappa shape index (κ3) is 4.39. The van der Waals surface area contributed by atoms with Crippen molar-refractivity contribution in [2.45, 2.75) is 0 Å². The smallest absolute Gasteiger partial charge is 0.266 e. The van der Waals surface area contributed by atoms with Crippen LogP contribution in [0, 0.1) is 0 Å². The lowest BCUT2D eigenvalue weighted by molar-refractivity contribution is -0.122. The van der Waals surface area contributed by atoms with Gasteiger partial charge in [-0.1, -0.05) is 53.2 Å². The lowest BCUT2D eigenvalue weighted by Crippen LogP contribution is -2.37. The predicted molar refractivity (Wildman–Crippen MR) is 119 cm³/mol. The molecule has 1 aromatic carbocycles. The molecule has 0 aliphatic carbocycles. The standard InChI is InChI=1S/C19H13Cl2N3O4S2/c20-12-7-11(8-23-16(12)21)17(25)22-3-4-24-18(26)15(30-19(24)29)6-10-1-2-13-14(5-10)28-9-27-13/h1-2,5-8H,3-4,9H2,(H,22,25)/b15-6+. The van der Waals surface area contributed by atoms with Gasteiger partial charge in [0.25, 0.3) is 11.8 Å². The molecule has 2 aromatic rings. The molecule has 0 atom stereocenters. The minimum Gasteiger partial charge on any atom is -0.454 e. The number of nitrogens with one attached hydrogen (secondary N) is 1. The molecule has 1 saturated heterocycles. The maximum atomic E-state index is 12.7. The molecule has 1 N–H and O–H groups in total. The number of aromatic nitrogens is 1. The number of ether oxygens (including phenoxy) is 2. The molecule has 30 heavy (non-hydrogen) atoms. The number of thiocarbonyl (C=S) groups is 1. The Kier molecular flexibility index (Phi) is 6.14. The van der Waals surface area contributed by atoms with E-state index in [4.69, 9.17) is 44.9 Å². The summed E-state index contributed by atoms with van der Waals surface area (Å²) in [6.45, 7) is 0.636. The van der Waals surface area contributed by atoms with Gasteiger partial charge in [0.1, 0.15) is 9.47 Å². The fourth-order valence-corrected chi connectivity index (χ4v) is 4.35. The van der Waals surface area contributed by atoms with Crippen molar-refractivity contribution in [3.63, 3.8) is 0 Å². The first-order valence-electron chi connectivity index (χ1n) is 8.66. The lowest BCUT2D eigenvalue weighted by Gasteiger charge is -2.14. The minimum atomic E-state index is -0.373. The quantitative estimate of drug-likeness (QED) is 0.395. The van der Waals surface area contributed by atoms with E-state index in [0.717, 1.165) is 5.56 Å². The second kappa shape index (κ2) is 8.81. The van der Waals surface area contributed by atoms with E-state index in [2.05, 4.69) is 10.3 Å². The molecule has 1 fully saturated rings. The van der Waals surface area contributed by atoms with Crippen LogP contribution in [0.5, 0.6) is 11.5 Å². The van der Waals surface area contributed by atoms with Crippen LogP contribution in [0.15, 0.2) is 35.4 Å². The van der Waals surface area contributed by atoms with Gasteiger partial charge in [-0.15, -0.1) is 0 Å². The van der Waals surface area contributed by atoms with Crippen molar-refractivity contribution in [2.75, 3.05) is 19.9 Å². The number of amides is 2. The Bertz CT molecular complexity index is 1090. The van der Waals surface area contributed by atoms with Gasteiger partial charge in [-0.3, -0.25) is 14.5 Å². The Morgan fingerprint density at radius 1 is 1.30 bits per heavy atom. The van der Waals surface area contributed by atoms with E-state index in [1.807, 2.05) is 6.07 Å². The second-order valence-electron chi connectivity index (χ2n) is 6.20. The van der Waals surface area contributed by atoms with Crippen LogP contribution in [0.25, 0.3) is 6.08 Å². The first-order valence-corrected chi connectivity index (χ1v) is 10.6. The van der Waals surface area contributed by atoms with Gasteiger partial charge in [-0.25, -0.2) is 4.98 Å². The number of carbonyl (C=O) groups excluding carboxylic acids is 2. The van der Waals surface area contributed by atoms with Crippen LogP contribution >= 0.6 is 47.2 Å². The van der Waals surface area contributed by atoms with Crippen LogP contribution in [0.2, 0.25) is 10.2 Å². The molecule has 2 aliphatic heterocycles. The largest absolute Gasteiger partial charge is 0.454 e. The molecular formula is C19H13Cl2N3O4S2. The van der Waals surface area contributed by atoms with Crippen LogP contribution in [0.1, 0.15) is 15.9 Å². The second-order valence-corrected chi connectivity index (χ2v) is 8.64. The number of fused-ring (bicyclic) bond motifs is 1. The molecule has 0 unspecified atom stereocenters. The number of carbonyl (C=O) groups is 2. The maximum Gasteiger partial charge on any atom is 0.266 e. The summed E-state index contributed by atoms with van der Waals surface area (Å²) in [6, 6.07) is 6.87. The first-order chi connectivity index (χ1) is 14.4. The maximum absolute atomic E-state index is 12.7.